The van der Waals surface area contributed by atoms with Crippen LogP contribution in [0.3, 0.4) is 0 Å². The number of anilines is 2. The van der Waals surface area contributed by atoms with Crippen LogP contribution in [-0.2, 0) is 11.2 Å². The van der Waals surface area contributed by atoms with Crippen molar-refractivity contribution >= 4 is 23.3 Å². The molecule has 3 heterocycles. The summed E-state index contributed by atoms with van der Waals surface area (Å²) in [4.78, 5) is 34.7. The number of rotatable bonds is 2. The molecule has 0 saturated carbocycles. The molecule has 2 amide bonds. The third-order valence-electron chi connectivity index (χ3n) is 4.94. The van der Waals surface area contributed by atoms with Crippen LogP contribution < -0.4 is 9.80 Å². The smallest absolute Gasteiger partial charge is 0.253 e. The molecule has 1 aromatic heterocycles. The van der Waals surface area contributed by atoms with Crippen LogP contribution in [0.15, 0.2) is 42.6 Å². The van der Waals surface area contributed by atoms with E-state index in [9.17, 15) is 9.59 Å². The molecule has 0 bridgehead atoms. The molecule has 6 heteroatoms. The molecule has 128 valence electrons. The van der Waals surface area contributed by atoms with Crippen molar-refractivity contribution in [2.75, 3.05) is 43.0 Å². The number of fused-ring (bicyclic) bond motifs is 1. The lowest BCUT2D eigenvalue weighted by Crippen LogP contribution is -2.49. The molecule has 0 unspecified atom stereocenters. The molecule has 2 aliphatic heterocycles. The normalized spacial score (nSPS) is 17.0. The van der Waals surface area contributed by atoms with Gasteiger partial charge >= 0.3 is 0 Å². The predicted molar refractivity (Wildman–Crippen MR) is 95.9 cm³/mol. The van der Waals surface area contributed by atoms with E-state index in [-0.39, 0.29) is 11.8 Å². The maximum atomic E-state index is 12.8. The number of hydrogen-bond donors (Lipinski definition) is 0. The highest BCUT2D eigenvalue weighted by Crippen LogP contribution is 2.28. The molecule has 2 aromatic rings. The van der Waals surface area contributed by atoms with E-state index in [1.807, 2.05) is 41.3 Å². The van der Waals surface area contributed by atoms with Crippen molar-refractivity contribution in [1.82, 2.24) is 9.88 Å². The van der Waals surface area contributed by atoms with Crippen molar-refractivity contribution in [1.29, 1.82) is 0 Å². The van der Waals surface area contributed by atoms with Gasteiger partial charge in [-0.25, -0.2) is 4.98 Å². The van der Waals surface area contributed by atoms with Crippen LogP contribution in [0.25, 0.3) is 0 Å². The molecule has 0 aliphatic carbocycles. The van der Waals surface area contributed by atoms with Gasteiger partial charge in [0.1, 0.15) is 5.82 Å². The average molecular weight is 336 g/mol. The summed E-state index contributed by atoms with van der Waals surface area (Å²) in [6.45, 7) is 2.89. The van der Waals surface area contributed by atoms with Crippen LogP contribution in [0.4, 0.5) is 11.5 Å². The first-order chi connectivity index (χ1) is 12.1. The largest absolute Gasteiger partial charge is 0.353 e. The lowest BCUT2D eigenvalue weighted by Gasteiger charge is -2.35. The molecule has 4 rings (SSSR count). The SMILES string of the molecule is CN1C(=O)Cc2cc(C(=O)N3CCN(c4ccccn4)CC3)ccc21. The van der Waals surface area contributed by atoms with Crippen LogP contribution in [0, 0.1) is 0 Å². The Morgan fingerprint density at radius 2 is 1.88 bits per heavy atom. The Bertz CT molecular complexity index is 813. The third kappa shape index (κ3) is 2.84. The zero-order chi connectivity index (χ0) is 17.4. The van der Waals surface area contributed by atoms with Crippen LogP contribution in [0.2, 0.25) is 0 Å². The summed E-state index contributed by atoms with van der Waals surface area (Å²) < 4.78 is 0. The third-order valence-corrected chi connectivity index (χ3v) is 4.94. The summed E-state index contributed by atoms with van der Waals surface area (Å²) in [6.07, 6.45) is 2.16. The van der Waals surface area contributed by atoms with Crippen LogP contribution in [0.1, 0.15) is 15.9 Å². The van der Waals surface area contributed by atoms with Crippen molar-refractivity contribution in [3.8, 4) is 0 Å². The van der Waals surface area contributed by atoms with Crippen molar-refractivity contribution in [2.24, 2.45) is 0 Å². The fourth-order valence-corrected chi connectivity index (χ4v) is 3.47. The molecule has 1 fully saturated rings. The Hall–Kier alpha value is -2.89. The minimum atomic E-state index is 0.0328. The predicted octanol–water partition coefficient (Wildman–Crippen LogP) is 1.56. The van der Waals surface area contributed by atoms with E-state index in [0.717, 1.165) is 30.2 Å². The van der Waals surface area contributed by atoms with Crippen molar-refractivity contribution in [2.45, 2.75) is 6.42 Å². The quantitative estimate of drug-likeness (QED) is 0.835. The number of hydrogen-bond acceptors (Lipinski definition) is 4. The maximum Gasteiger partial charge on any atom is 0.253 e. The lowest BCUT2D eigenvalue weighted by molar-refractivity contribution is -0.117. The highest BCUT2D eigenvalue weighted by atomic mass is 16.2. The molecule has 6 nitrogen and oxygen atoms in total. The monoisotopic (exact) mass is 336 g/mol. The standard InChI is InChI=1S/C19H20N4O2/c1-21-16-6-5-14(12-15(16)13-18(21)24)19(25)23-10-8-22(9-11-23)17-4-2-3-7-20-17/h2-7,12H,8-11,13H2,1H3. The first kappa shape index (κ1) is 15.6. The zero-order valence-electron chi connectivity index (χ0n) is 14.2. The van der Waals surface area contributed by atoms with Gasteiger partial charge in [-0.15, -0.1) is 0 Å². The first-order valence-electron chi connectivity index (χ1n) is 8.48. The first-order valence-corrected chi connectivity index (χ1v) is 8.48. The summed E-state index contributed by atoms with van der Waals surface area (Å²) in [5.41, 5.74) is 2.50. The van der Waals surface area contributed by atoms with E-state index in [1.54, 1.807) is 18.1 Å². The van der Waals surface area contributed by atoms with Gasteiger partial charge in [0.15, 0.2) is 0 Å². The van der Waals surface area contributed by atoms with Gasteiger partial charge in [-0.2, -0.15) is 0 Å². The number of benzene rings is 1. The highest BCUT2D eigenvalue weighted by Gasteiger charge is 2.27. The van der Waals surface area contributed by atoms with E-state index < -0.39 is 0 Å². The summed E-state index contributed by atoms with van der Waals surface area (Å²) >= 11 is 0. The highest BCUT2D eigenvalue weighted by molar-refractivity contribution is 6.03. The number of likely N-dealkylation sites (N-methyl/N-ethyl adjacent to an activating group) is 1. The topological polar surface area (TPSA) is 56.8 Å². The molecule has 0 atom stereocenters. The van der Waals surface area contributed by atoms with Gasteiger partial charge in [-0.1, -0.05) is 6.07 Å². The van der Waals surface area contributed by atoms with E-state index in [0.29, 0.717) is 25.1 Å². The van der Waals surface area contributed by atoms with Gasteiger partial charge in [0.05, 0.1) is 6.42 Å². The summed E-state index contributed by atoms with van der Waals surface area (Å²) in [5.74, 6) is 1.06. The fourth-order valence-electron chi connectivity index (χ4n) is 3.47. The average Bonchev–Trinajstić information content (AvgIpc) is 2.95. The van der Waals surface area contributed by atoms with Gasteiger partial charge in [-0.3, -0.25) is 9.59 Å². The lowest BCUT2D eigenvalue weighted by atomic mass is 10.1. The molecule has 2 aliphatic rings. The fraction of sp³-hybridized carbons (Fsp3) is 0.316. The maximum absolute atomic E-state index is 12.8. The van der Waals surface area contributed by atoms with Crippen LogP contribution in [-0.4, -0.2) is 54.9 Å². The Morgan fingerprint density at radius 3 is 2.60 bits per heavy atom. The summed E-state index contributed by atoms with van der Waals surface area (Å²) in [5, 5.41) is 0. The van der Waals surface area contributed by atoms with Gasteiger partial charge in [0.25, 0.3) is 5.91 Å². The molecular weight excluding hydrogens is 316 g/mol. The second kappa shape index (κ2) is 6.20. The Balaban J connectivity index is 1.45. The van der Waals surface area contributed by atoms with Crippen LogP contribution in [0.5, 0.6) is 0 Å². The second-order valence-electron chi connectivity index (χ2n) is 6.44. The molecule has 0 radical (unpaired) electrons. The van der Waals surface area contributed by atoms with Gasteiger partial charge in [0.2, 0.25) is 5.91 Å². The minimum absolute atomic E-state index is 0.0328. The molecular formula is C19H20N4O2. The van der Waals surface area contributed by atoms with E-state index >= 15 is 0 Å². The van der Waals surface area contributed by atoms with E-state index in [4.69, 9.17) is 0 Å². The van der Waals surface area contributed by atoms with E-state index in [1.165, 1.54) is 0 Å². The van der Waals surface area contributed by atoms with Gasteiger partial charge in [0, 0.05) is 50.7 Å². The molecule has 25 heavy (non-hydrogen) atoms. The number of carbonyl (C=O) groups excluding carboxylic acids is 2. The summed E-state index contributed by atoms with van der Waals surface area (Å²) in [6, 6.07) is 11.4. The number of amides is 2. The number of carbonyl (C=O) groups is 2. The summed E-state index contributed by atoms with van der Waals surface area (Å²) in [7, 11) is 1.77. The van der Waals surface area contributed by atoms with Gasteiger partial charge < -0.3 is 14.7 Å². The number of piperazine rings is 1. The van der Waals surface area contributed by atoms with Crippen LogP contribution >= 0.6 is 0 Å². The van der Waals surface area contributed by atoms with Crippen molar-refractivity contribution in [3.05, 3.63) is 53.7 Å². The zero-order valence-corrected chi connectivity index (χ0v) is 14.2. The molecule has 1 aromatic carbocycles. The molecule has 0 N–H and O–H groups in total. The number of aromatic nitrogens is 1. The number of nitrogens with zero attached hydrogens (tertiary/aromatic N) is 4. The van der Waals surface area contributed by atoms with Gasteiger partial charge in [-0.05, 0) is 35.9 Å². The number of pyridine rings is 1. The van der Waals surface area contributed by atoms with Crippen molar-refractivity contribution in [3.63, 3.8) is 0 Å². The second-order valence-corrected chi connectivity index (χ2v) is 6.44. The Labute approximate surface area is 146 Å². The minimum Gasteiger partial charge on any atom is -0.353 e. The van der Waals surface area contributed by atoms with E-state index in [2.05, 4.69) is 9.88 Å². The Morgan fingerprint density at radius 1 is 1.08 bits per heavy atom. The Kier molecular flexibility index (Phi) is 3.87. The molecule has 1 saturated heterocycles. The van der Waals surface area contributed by atoms with Crippen molar-refractivity contribution < 1.29 is 9.59 Å². The molecule has 0 spiro atoms.